The van der Waals surface area contributed by atoms with Crippen LogP contribution >= 0.6 is 23.2 Å². The van der Waals surface area contributed by atoms with E-state index in [1.807, 2.05) is 0 Å². The minimum absolute atomic E-state index is 0.0110. The van der Waals surface area contributed by atoms with Gasteiger partial charge in [0, 0.05) is 10.5 Å². The van der Waals surface area contributed by atoms with Gasteiger partial charge in [-0.15, -0.1) is 0 Å². The van der Waals surface area contributed by atoms with Crippen LogP contribution in [0.1, 0.15) is 0 Å². The highest BCUT2D eigenvalue weighted by Crippen LogP contribution is 2.17. The number of hydrogen-bond acceptors (Lipinski definition) is 2. The van der Waals surface area contributed by atoms with E-state index in [2.05, 4.69) is 0 Å². The Bertz CT molecular complexity index is 306. The Morgan fingerprint density at radius 2 is 1.75 bits per heavy atom. The van der Waals surface area contributed by atoms with Crippen LogP contribution in [0.4, 0.5) is 4.39 Å². The van der Waals surface area contributed by atoms with Gasteiger partial charge in [0.2, 0.25) is 0 Å². The zero-order valence-corrected chi connectivity index (χ0v) is 7.27. The summed E-state index contributed by atoms with van der Waals surface area (Å²) in [5.41, 5.74) is -0.0110. The molecule has 64 valence electrons. The van der Waals surface area contributed by atoms with Crippen molar-refractivity contribution in [2.45, 2.75) is 0 Å². The second kappa shape index (κ2) is 3.62. The predicted octanol–water partition coefficient (Wildman–Crippen LogP) is 0.812. The maximum Gasteiger partial charge on any atom is 0.490 e. The topological polar surface area (TPSA) is 40.5 Å². The average molecular weight is 209 g/mol. The molecular formula is C6H4BCl2FO2. The monoisotopic (exact) mass is 208 g/mol. The first-order valence-electron chi connectivity index (χ1n) is 3.03. The third-order valence-electron chi connectivity index (χ3n) is 1.32. The molecule has 0 aliphatic rings. The second-order valence-corrected chi connectivity index (χ2v) is 2.98. The van der Waals surface area contributed by atoms with Crippen molar-refractivity contribution in [3.8, 4) is 0 Å². The van der Waals surface area contributed by atoms with Crippen LogP contribution < -0.4 is 5.46 Å². The minimum atomic E-state index is -1.74. The highest BCUT2D eigenvalue weighted by atomic mass is 35.5. The molecule has 0 spiro atoms. The van der Waals surface area contributed by atoms with Crippen molar-refractivity contribution in [1.29, 1.82) is 0 Å². The summed E-state index contributed by atoms with van der Waals surface area (Å²) in [4.78, 5) is 0. The fourth-order valence-corrected chi connectivity index (χ4v) is 1.16. The summed E-state index contributed by atoms with van der Waals surface area (Å²) in [5.74, 6) is -0.689. The van der Waals surface area contributed by atoms with Crippen LogP contribution in [0.25, 0.3) is 0 Å². The molecule has 12 heavy (non-hydrogen) atoms. The van der Waals surface area contributed by atoms with Crippen molar-refractivity contribution in [3.63, 3.8) is 0 Å². The van der Waals surface area contributed by atoms with Gasteiger partial charge in [0.25, 0.3) is 0 Å². The molecular weight excluding hydrogens is 205 g/mol. The lowest BCUT2D eigenvalue weighted by atomic mass is 9.80. The zero-order valence-electron chi connectivity index (χ0n) is 5.76. The van der Waals surface area contributed by atoms with Crippen molar-refractivity contribution in [3.05, 3.63) is 28.0 Å². The maximum atomic E-state index is 12.6. The van der Waals surface area contributed by atoms with Crippen molar-refractivity contribution in [2.24, 2.45) is 0 Å². The molecule has 0 bridgehead atoms. The lowest BCUT2D eigenvalue weighted by Crippen LogP contribution is -2.30. The fourth-order valence-electron chi connectivity index (χ4n) is 0.736. The minimum Gasteiger partial charge on any atom is -0.423 e. The molecule has 0 fully saturated rings. The zero-order chi connectivity index (χ0) is 9.30. The van der Waals surface area contributed by atoms with Gasteiger partial charge in [0.05, 0.1) is 5.02 Å². The summed E-state index contributed by atoms with van der Waals surface area (Å²) >= 11 is 10.9. The third kappa shape index (κ3) is 1.90. The Kier molecular flexibility index (Phi) is 2.96. The molecule has 0 saturated heterocycles. The number of halogens is 3. The second-order valence-electron chi connectivity index (χ2n) is 2.16. The van der Waals surface area contributed by atoms with Crippen molar-refractivity contribution < 1.29 is 14.4 Å². The third-order valence-corrected chi connectivity index (χ3v) is 1.93. The molecule has 0 heterocycles. The molecule has 1 aromatic rings. The van der Waals surface area contributed by atoms with E-state index in [-0.39, 0.29) is 15.5 Å². The molecule has 0 aliphatic heterocycles. The summed E-state index contributed by atoms with van der Waals surface area (Å²) < 4.78 is 12.6. The van der Waals surface area contributed by atoms with Gasteiger partial charge in [0.15, 0.2) is 0 Å². The summed E-state index contributed by atoms with van der Waals surface area (Å²) in [6.45, 7) is 0. The van der Waals surface area contributed by atoms with Crippen LogP contribution in [0, 0.1) is 5.82 Å². The van der Waals surface area contributed by atoms with Crippen LogP contribution in [0.15, 0.2) is 12.1 Å². The maximum absolute atomic E-state index is 12.6. The van der Waals surface area contributed by atoms with E-state index in [0.29, 0.717) is 0 Å². The van der Waals surface area contributed by atoms with Gasteiger partial charge in [0.1, 0.15) is 5.82 Å². The van der Waals surface area contributed by atoms with E-state index in [1.54, 1.807) is 0 Å². The molecule has 6 heteroatoms. The molecule has 0 aromatic heterocycles. The normalized spacial score (nSPS) is 10.1. The van der Waals surface area contributed by atoms with Crippen LogP contribution in [-0.4, -0.2) is 17.2 Å². The summed E-state index contributed by atoms with van der Waals surface area (Å²) in [6.07, 6.45) is 0. The Balaban J connectivity index is 3.23. The Morgan fingerprint density at radius 3 is 2.25 bits per heavy atom. The molecule has 2 nitrogen and oxygen atoms in total. The van der Waals surface area contributed by atoms with Crippen LogP contribution in [0.3, 0.4) is 0 Å². The molecule has 1 rings (SSSR count). The van der Waals surface area contributed by atoms with Gasteiger partial charge in [-0.1, -0.05) is 23.2 Å². The number of rotatable bonds is 1. The van der Waals surface area contributed by atoms with Crippen molar-refractivity contribution in [1.82, 2.24) is 0 Å². The van der Waals surface area contributed by atoms with E-state index in [9.17, 15) is 4.39 Å². The first-order chi connectivity index (χ1) is 5.52. The van der Waals surface area contributed by atoms with E-state index in [0.717, 1.165) is 12.1 Å². The van der Waals surface area contributed by atoms with Gasteiger partial charge in [-0.05, 0) is 12.1 Å². The molecule has 0 radical (unpaired) electrons. The van der Waals surface area contributed by atoms with E-state index in [4.69, 9.17) is 33.2 Å². The van der Waals surface area contributed by atoms with Gasteiger partial charge in [-0.2, -0.15) is 0 Å². The standard InChI is InChI=1S/C6H4BCl2FO2/c8-4-2-6(10)5(9)1-3(4)7(11)12/h1-2,11-12H. The summed E-state index contributed by atoms with van der Waals surface area (Å²) in [5, 5.41) is 17.2. The van der Waals surface area contributed by atoms with E-state index in [1.165, 1.54) is 0 Å². The lowest BCUT2D eigenvalue weighted by molar-refractivity contribution is 0.426. The molecule has 0 amide bonds. The SMILES string of the molecule is OB(O)c1cc(Cl)c(F)cc1Cl. The highest BCUT2D eigenvalue weighted by molar-refractivity contribution is 6.63. The predicted molar refractivity (Wildman–Crippen MR) is 46.2 cm³/mol. The molecule has 0 aliphatic carbocycles. The quantitative estimate of drug-likeness (QED) is 0.530. The summed E-state index contributed by atoms with van der Waals surface area (Å²) in [6, 6.07) is 2.00. The molecule has 0 unspecified atom stereocenters. The first kappa shape index (κ1) is 9.80. The Hall–Kier alpha value is -0.285. The molecule has 0 atom stereocenters. The van der Waals surface area contributed by atoms with Gasteiger partial charge < -0.3 is 10.0 Å². The van der Waals surface area contributed by atoms with Crippen LogP contribution in [0.2, 0.25) is 10.0 Å². The molecule has 0 saturated carbocycles. The van der Waals surface area contributed by atoms with Crippen LogP contribution in [-0.2, 0) is 0 Å². The number of hydrogen-bond donors (Lipinski definition) is 2. The Labute approximate surface area is 78.7 Å². The van der Waals surface area contributed by atoms with Gasteiger partial charge in [-0.3, -0.25) is 0 Å². The largest absolute Gasteiger partial charge is 0.490 e. The fraction of sp³-hybridized carbons (Fsp3) is 0. The first-order valence-corrected chi connectivity index (χ1v) is 3.78. The van der Waals surface area contributed by atoms with Crippen molar-refractivity contribution in [2.75, 3.05) is 0 Å². The lowest BCUT2D eigenvalue weighted by Gasteiger charge is -2.03. The molecule has 1 aromatic carbocycles. The highest BCUT2D eigenvalue weighted by Gasteiger charge is 2.17. The number of benzene rings is 1. The molecule has 2 N–H and O–H groups in total. The van der Waals surface area contributed by atoms with Gasteiger partial charge in [-0.25, -0.2) is 4.39 Å². The smallest absolute Gasteiger partial charge is 0.423 e. The van der Waals surface area contributed by atoms with Crippen molar-refractivity contribution >= 4 is 35.8 Å². The summed E-state index contributed by atoms with van der Waals surface area (Å²) in [7, 11) is -1.74. The van der Waals surface area contributed by atoms with Crippen LogP contribution in [0.5, 0.6) is 0 Å². The van der Waals surface area contributed by atoms with E-state index < -0.39 is 12.9 Å². The van der Waals surface area contributed by atoms with E-state index >= 15 is 0 Å². The van der Waals surface area contributed by atoms with Gasteiger partial charge >= 0.3 is 7.12 Å². The average Bonchev–Trinajstić information content (AvgIpc) is 1.96. The Morgan fingerprint density at radius 1 is 1.17 bits per heavy atom.